The lowest BCUT2D eigenvalue weighted by atomic mass is 10.3. The molecule has 0 spiro atoms. The lowest BCUT2D eigenvalue weighted by Crippen LogP contribution is -2.14. The fourth-order valence-corrected chi connectivity index (χ4v) is 4.58. The summed E-state index contributed by atoms with van der Waals surface area (Å²) in [5, 5.41) is 0.435. The molecule has 3 aromatic carbocycles. The average Bonchev–Trinajstić information content (AvgIpc) is 2.81. The number of hydrogen-bond acceptors (Lipinski definition) is 7. The van der Waals surface area contributed by atoms with E-state index in [1.165, 1.54) is 0 Å². The van der Waals surface area contributed by atoms with Crippen LogP contribution < -0.4 is 23.8 Å². The topological polar surface area (TPSA) is 72.5 Å². The Morgan fingerprint density at radius 3 is 1.53 bits per heavy atom. The van der Waals surface area contributed by atoms with Gasteiger partial charge in [0.15, 0.2) is 0 Å². The molecule has 4 bridgehead atoms. The Bertz CT molecular complexity index is 980. The van der Waals surface area contributed by atoms with E-state index in [9.17, 15) is 4.57 Å². The zero-order chi connectivity index (χ0) is 22.1. The van der Waals surface area contributed by atoms with Gasteiger partial charge in [0, 0.05) is 12.1 Å². The van der Waals surface area contributed by atoms with E-state index < -0.39 is 7.60 Å². The van der Waals surface area contributed by atoms with E-state index in [1.807, 2.05) is 6.07 Å². The number of hydrogen-bond donors (Lipinski definition) is 0. The van der Waals surface area contributed by atoms with Crippen molar-refractivity contribution in [2.75, 3.05) is 39.6 Å². The monoisotopic (exact) mass is 456 g/mol. The van der Waals surface area contributed by atoms with Crippen LogP contribution in [0.25, 0.3) is 0 Å². The van der Waals surface area contributed by atoms with E-state index >= 15 is 0 Å². The molecule has 0 fully saturated rings. The second kappa shape index (κ2) is 11.0. The molecular weight excluding hydrogens is 431 g/mol. The minimum absolute atomic E-state index is 0.366. The van der Waals surface area contributed by atoms with E-state index in [0.29, 0.717) is 67.9 Å². The largest absolute Gasteiger partial charge is 0.491 e. The van der Waals surface area contributed by atoms with E-state index in [1.54, 1.807) is 72.8 Å². The van der Waals surface area contributed by atoms with E-state index in [4.69, 9.17) is 28.0 Å². The van der Waals surface area contributed by atoms with Gasteiger partial charge in [-0.1, -0.05) is 30.3 Å². The summed E-state index contributed by atoms with van der Waals surface area (Å²) in [5.74, 6) is 1.90. The molecule has 0 saturated heterocycles. The average molecular weight is 456 g/mol. The molecule has 3 aromatic rings. The van der Waals surface area contributed by atoms with Crippen LogP contribution in [0.2, 0.25) is 0 Å². The van der Waals surface area contributed by atoms with Crippen LogP contribution in [0.4, 0.5) is 0 Å². The van der Waals surface area contributed by atoms with E-state index in [2.05, 4.69) is 0 Å². The molecule has 8 heteroatoms. The molecule has 1 aliphatic rings. The summed E-state index contributed by atoms with van der Waals surface area (Å²) < 4.78 is 48.3. The van der Waals surface area contributed by atoms with Gasteiger partial charge in [-0.2, -0.15) is 0 Å². The lowest BCUT2D eigenvalue weighted by molar-refractivity contribution is 0.0273. The molecule has 0 aliphatic carbocycles. The van der Waals surface area contributed by atoms with Gasteiger partial charge in [-0.05, 0) is 36.4 Å². The third-order valence-electron chi connectivity index (χ3n) is 4.50. The maximum absolute atomic E-state index is 13.9. The first-order valence-corrected chi connectivity index (χ1v) is 11.9. The molecular formula is C24H25O7P. The minimum Gasteiger partial charge on any atom is -0.491 e. The first-order valence-electron chi connectivity index (χ1n) is 10.4. The summed E-state index contributed by atoms with van der Waals surface area (Å²) in [6, 6.07) is 22.8. The molecule has 1 aliphatic heterocycles. The Labute approximate surface area is 187 Å². The van der Waals surface area contributed by atoms with Crippen LogP contribution in [0.1, 0.15) is 0 Å². The molecule has 32 heavy (non-hydrogen) atoms. The molecule has 0 atom stereocenters. The van der Waals surface area contributed by atoms with Crippen molar-refractivity contribution in [1.82, 2.24) is 0 Å². The SMILES string of the molecule is O=P1(c2ccccc2)Oc2cccc(c2)OCCOCCOCCOc2cccc(c2)O1. The van der Waals surface area contributed by atoms with Crippen molar-refractivity contribution >= 4 is 12.9 Å². The van der Waals surface area contributed by atoms with Crippen molar-refractivity contribution in [2.24, 2.45) is 0 Å². The number of fused-ring (bicyclic) bond motifs is 4. The zero-order valence-corrected chi connectivity index (χ0v) is 18.4. The van der Waals surface area contributed by atoms with E-state index in [0.717, 1.165) is 0 Å². The molecule has 0 radical (unpaired) electrons. The van der Waals surface area contributed by atoms with Gasteiger partial charge in [0.25, 0.3) is 0 Å². The first-order chi connectivity index (χ1) is 15.7. The summed E-state index contributed by atoms with van der Waals surface area (Å²) in [7, 11) is -3.77. The smallest absolute Gasteiger partial charge is 0.462 e. The Morgan fingerprint density at radius 2 is 1.00 bits per heavy atom. The maximum atomic E-state index is 13.9. The molecule has 1 heterocycles. The van der Waals surface area contributed by atoms with Crippen LogP contribution in [-0.4, -0.2) is 39.6 Å². The van der Waals surface area contributed by atoms with Crippen LogP contribution in [0.3, 0.4) is 0 Å². The van der Waals surface area contributed by atoms with Crippen molar-refractivity contribution < 1.29 is 32.6 Å². The van der Waals surface area contributed by atoms with Gasteiger partial charge in [0.2, 0.25) is 0 Å². The van der Waals surface area contributed by atoms with Crippen molar-refractivity contribution in [3.05, 3.63) is 78.9 Å². The quantitative estimate of drug-likeness (QED) is 0.501. The highest BCUT2D eigenvalue weighted by atomic mass is 31.2. The van der Waals surface area contributed by atoms with Crippen molar-refractivity contribution in [3.8, 4) is 23.0 Å². The fraction of sp³-hybridized carbons (Fsp3) is 0.250. The highest BCUT2D eigenvalue weighted by molar-refractivity contribution is 7.63. The molecule has 0 aromatic heterocycles. The van der Waals surface area contributed by atoms with Gasteiger partial charge < -0.3 is 28.0 Å². The molecule has 4 rings (SSSR count). The lowest BCUT2D eigenvalue weighted by Gasteiger charge is -2.21. The summed E-state index contributed by atoms with van der Waals surface area (Å²) in [6.45, 7) is 2.51. The van der Waals surface area contributed by atoms with Gasteiger partial charge in [-0.15, -0.1) is 0 Å². The minimum atomic E-state index is -3.77. The van der Waals surface area contributed by atoms with Crippen LogP contribution >= 0.6 is 7.60 Å². The van der Waals surface area contributed by atoms with Crippen LogP contribution in [0, 0.1) is 0 Å². The summed E-state index contributed by atoms with van der Waals surface area (Å²) in [5.41, 5.74) is 0. The molecule has 7 nitrogen and oxygen atoms in total. The third kappa shape index (κ3) is 6.26. The Kier molecular flexibility index (Phi) is 7.67. The number of benzene rings is 3. The molecule has 0 amide bonds. The van der Waals surface area contributed by atoms with Crippen LogP contribution in [0.5, 0.6) is 23.0 Å². The second-order valence-electron chi connectivity index (χ2n) is 6.89. The highest BCUT2D eigenvalue weighted by Crippen LogP contribution is 2.48. The van der Waals surface area contributed by atoms with Gasteiger partial charge in [0.05, 0.1) is 31.7 Å². The second-order valence-corrected chi connectivity index (χ2v) is 8.76. The van der Waals surface area contributed by atoms with Gasteiger partial charge in [-0.25, -0.2) is 4.57 Å². The Hall–Kier alpha value is -2.99. The third-order valence-corrected chi connectivity index (χ3v) is 6.33. The molecule has 168 valence electrons. The standard InChI is InChI=1S/C24H25O7P/c25-32(24-10-2-1-3-11-24)30-22-8-4-6-20(18-22)28-16-14-26-12-13-27-15-17-29-21-7-5-9-23(19-21)31-32/h1-11,18-19H,12-17H2. The van der Waals surface area contributed by atoms with Gasteiger partial charge >= 0.3 is 7.60 Å². The fourth-order valence-electron chi connectivity index (χ4n) is 3.01. The molecule has 0 unspecified atom stereocenters. The predicted molar refractivity (Wildman–Crippen MR) is 120 cm³/mol. The predicted octanol–water partition coefficient (Wildman–Crippen LogP) is 4.47. The Balaban J connectivity index is 1.64. The summed E-state index contributed by atoms with van der Waals surface area (Å²) >= 11 is 0. The van der Waals surface area contributed by atoms with Crippen molar-refractivity contribution in [2.45, 2.75) is 0 Å². The van der Waals surface area contributed by atoms with Crippen LogP contribution in [0.15, 0.2) is 78.9 Å². The molecule has 0 N–H and O–H groups in total. The number of rotatable bonds is 1. The van der Waals surface area contributed by atoms with Crippen LogP contribution in [-0.2, 0) is 14.0 Å². The normalized spacial score (nSPS) is 17.1. The number of ether oxygens (including phenoxy) is 4. The van der Waals surface area contributed by atoms with Crippen molar-refractivity contribution in [1.29, 1.82) is 0 Å². The van der Waals surface area contributed by atoms with Gasteiger partial charge in [0.1, 0.15) is 36.2 Å². The highest BCUT2D eigenvalue weighted by Gasteiger charge is 2.31. The Morgan fingerprint density at radius 1 is 0.531 bits per heavy atom. The van der Waals surface area contributed by atoms with Crippen molar-refractivity contribution in [3.63, 3.8) is 0 Å². The molecule has 0 saturated carbocycles. The summed E-state index contributed by atoms with van der Waals surface area (Å²) in [6.07, 6.45) is 0. The zero-order valence-electron chi connectivity index (χ0n) is 17.6. The first kappa shape index (κ1) is 22.2. The van der Waals surface area contributed by atoms with Gasteiger partial charge in [-0.3, -0.25) is 0 Å². The van der Waals surface area contributed by atoms with E-state index in [-0.39, 0.29) is 0 Å². The summed E-state index contributed by atoms with van der Waals surface area (Å²) in [4.78, 5) is 0. The maximum Gasteiger partial charge on any atom is 0.462 e.